The number of aliphatic hydroxyl groups is 1. The first-order chi connectivity index (χ1) is 9.19. The standard InChI is InChI=1S/C15H25NO3/c1-12(15(17)13-8-5-4-6-9-13)16-11-7-10-14(18-2)19-3/h4-6,8-9,12,14-17H,7,10-11H2,1-3H3. The van der Waals surface area contributed by atoms with Gasteiger partial charge >= 0.3 is 0 Å². The first-order valence-corrected chi connectivity index (χ1v) is 6.71. The monoisotopic (exact) mass is 267 g/mol. The Morgan fingerprint density at radius 3 is 2.37 bits per heavy atom. The van der Waals surface area contributed by atoms with Gasteiger partial charge in [0.25, 0.3) is 0 Å². The molecule has 1 aromatic carbocycles. The van der Waals surface area contributed by atoms with E-state index in [4.69, 9.17) is 9.47 Å². The van der Waals surface area contributed by atoms with E-state index < -0.39 is 6.10 Å². The molecule has 0 saturated carbocycles. The predicted octanol–water partition coefficient (Wildman–Crippen LogP) is 2.10. The fourth-order valence-corrected chi connectivity index (χ4v) is 1.98. The quantitative estimate of drug-likeness (QED) is 0.531. The highest BCUT2D eigenvalue weighted by Crippen LogP contribution is 2.16. The van der Waals surface area contributed by atoms with Crippen LogP contribution in [0.3, 0.4) is 0 Å². The van der Waals surface area contributed by atoms with Gasteiger partial charge in [0.05, 0.1) is 6.10 Å². The van der Waals surface area contributed by atoms with Crippen LogP contribution in [0, 0.1) is 0 Å². The number of hydrogen-bond acceptors (Lipinski definition) is 4. The summed E-state index contributed by atoms with van der Waals surface area (Å²) in [5, 5.41) is 13.5. The molecule has 0 fully saturated rings. The van der Waals surface area contributed by atoms with Crippen LogP contribution in [0.4, 0.5) is 0 Å². The molecule has 0 aliphatic heterocycles. The van der Waals surface area contributed by atoms with Gasteiger partial charge in [-0.05, 0) is 31.9 Å². The van der Waals surface area contributed by atoms with E-state index in [0.717, 1.165) is 24.9 Å². The average molecular weight is 267 g/mol. The minimum atomic E-state index is -0.484. The largest absolute Gasteiger partial charge is 0.387 e. The van der Waals surface area contributed by atoms with Gasteiger partial charge in [-0.2, -0.15) is 0 Å². The van der Waals surface area contributed by atoms with Gasteiger partial charge in [0.1, 0.15) is 0 Å². The molecule has 0 heterocycles. The second-order valence-corrected chi connectivity index (χ2v) is 4.64. The molecule has 0 aromatic heterocycles. The minimum Gasteiger partial charge on any atom is -0.387 e. The van der Waals surface area contributed by atoms with Gasteiger partial charge in [-0.25, -0.2) is 0 Å². The van der Waals surface area contributed by atoms with Gasteiger partial charge < -0.3 is 19.9 Å². The zero-order valence-corrected chi connectivity index (χ0v) is 12.0. The third-order valence-corrected chi connectivity index (χ3v) is 3.22. The van der Waals surface area contributed by atoms with Gasteiger partial charge in [-0.15, -0.1) is 0 Å². The Morgan fingerprint density at radius 2 is 1.79 bits per heavy atom. The molecule has 4 nitrogen and oxygen atoms in total. The van der Waals surface area contributed by atoms with Crippen LogP contribution in [0.15, 0.2) is 30.3 Å². The Kier molecular flexibility index (Phi) is 7.67. The number of nitrogens with one attached hydrogen (secondary N) is 1. The van der Waals surface area contributed by atoms with E-state index in [1.54, 1.807) is 14.2 Å². The van der Waals surface area contributed by atoms with Crippen LogP contribution >= 0.6 is 0 Å². The lowest BCUT2D eigenvalue weighted by molar-refractivity contribution is -0.106. The summed E-state index contributed by atoms with van der Waals surface area (Å²) in [5.74, 6) is 0. The fraction of sp³-hybridized carbons (Fsp3) is 0.600. The number of hydrogen-bond donors (Lipinski definition) is 2. The summed E-state index contributed by atoms with van der Waals surface area (Å²) in [6.45, 7) is 2.82. The van der Waals surface area contributed by atoms with Gasteiger partial charge in [-0.1, -0.05) is 30.3 Å². The van der Waals surface area contributed by atoms with Crippen molar-refractivity contribution in [3.63, 3.8) is 0 Å². The molecule has 108 valence electrons. The number of ether oxygens (including phenoxy) is 2. The first kappa shape index (κ1) is 16.1. The van der Waals surface area contributed by atoms with Gasteiger partial charge in [0.15, 0.2) is 6.29 Å². The molecule has 0 bridgehead atoms. The van der Waals surface area contributed by atoms with Gasteiger partial charge in [0, 0.05) is 20.3 Å². The van der Waals surface area contributed by atoms with Crippen molar-refractivity contribution < 1.29 is 14.6 Å². The second kappa shape index (κ2) is 9.04. The molecule has 2 N–H and O–H groups in total. The maximum atomic E-state index is 10.2. The maximum Gasteiger partial charge on any atom is 0.156 e. The molecule has 0 spiro atoms. The van der Waals surface area contributed by atoms with Crippen molar-refractivity contribution in [1.82, 2.24) is 5.32 Å². The Hall–Kier alpha value is -0.940. The summed E-state index contributed by atoms with van der Waals surface area (Å²) >= 11 is 0. The van der Waals surface area contributed by atoms with Crippen LogP contribution in [-0.4, -0.2) is 38.2 Å². The maximum absolute atomic E-state index is 10.2. The average Bonchev–Trinajstić information content (AvgIpc) is 2.47. The van der Waals surface area contributed by atoms with Crippen LogP contribution in [0.1, 0.15) is 31.4 Å². The molecule has 19 heavy (non-hydrogen) atoms. The molecular formula is C15H25NO3. The number of rotatable bonds is 9. The molecule has 0 amide bonds. The highest BCUT2D eigenvalue weighted by atomic mass is 16.7. The summed E-state index contributed by atoms with van der Waals surface area (Å²) in [7, 11) is 3.28. The second-order valence-electron chi connectivity index (χ2n) is 4.64. The van der Waals surface area contributed by atoms with E-state index in [1.165, 1.54) is 0 Å². The van der Waals surface area contributed by atoms with Crippen molar-refractivity contribution in [3.05, 3.63) is 35.9 Å². The van der Waals surface area contributed by atoms with Gasteiger partial charge in [0.2, 0.25) is 0 Å². The molecule has 0 radical (unpaired) electrons. The smallest absolute Gasteiger partial charge is 0.156 e. The van der Waals surface area contributed by atoms with Crippen molar-refractivity contribution in [2.24, 2.45) is 0 Å². The number of benzene rings is 1. The third kappa shape index (κ3) is 5.70. The summed E-state index contributed by atoms with van der Waals surface area (Å²) in [4.78, 5) is 0. The van der Waals surface area contributed by atoms with Crippen molar-refractivity contribution in [1.29, 1.82) is 0 Å². The van der Waals surface area contributed by atoms with E-state index in [2.05, 4.69) is 5.32 Å². The summed E-state index contributed by atoms with van der Waals surface area (Å²) in [5.41, 5.74) is 0.939. The lowest BCUT2D eigenvalue weighted by atomic mass is 10.0. The summed E-state index contributed by atoms with van der Waals surface area (Å²) in [6.07, 6.45) is 1.16. The summed E-state index contributed by atoms with van der Waals surface area (Å²) in [6, 6.07) is 9.72. The molecular weight excluding hydrogens is 242 g/mol. The SMILES string of the molecule is COC(CCCNC(C)C(O)c1ccccc1)OC. The van der Waals surface area contributed by atoms with E-state index in [-0.39, 0.29) is 12.3 Å². The lowest BCUT2D eigenvalue weighted by Gasteiger charge is -2.21. The molecule has 4 heteroatoms. The van der Waals surface area contributed by atoms with Gasteiger partial charge in [-0.3, -0.25) is 0 Å². The predicted molar refractivity (Wildman–Crippen MR) is 75.9 cm³/mol. The van der Waals surface area contributed by atoms with Crippen LogP contribution < -0.4 is 5.32 Å². The van der Waals surface area contributed by atoms with Crippen molar-refractivity contribution in [2.75, 3.05) is 20.8 Å². The van der Waals surface area contributed by atoms with Crippen LogP contribution in [0.25, 0.3) is 0 Å². The Morgan fingerprint density at radius 1 is 1.16 bits per heavy atom. The zero-order valence-electron chi connectivity index (χ0n) is 12.0. The van der Waals surface area contributed by atoms with Crippen LogP contribution in [0.2, 0.25) is 0 Å². The highest BCUT2D eigenvalue weighted by Gasteiger charge is 2.15. The zero-order chi connectivity index (χ0) is 14.1. The Labute approximate surface area is 115 Å². The molecule has 2 atom stereocenters. The van der Waals surface area contributed by atoms with Crippen molar-refractivity contribution >= 4 is 0 Å². The lowest BCUT2D eigenvalue weighted by Crippen LogP contribution is -2.33. The van der Waals surface area contributed by atoms with E-state index in [0.29, 0.717) is 0 Å². The molecule has 1 aromatic rings. The summed E-state index contributed by atoms with van der Waals surface area (Å²) < 4.78 is 10.2. The fourth-order valence-electron chi connectivity index (χ4n) is 1.98. The van der Waals surface area contributed by atoms with Crippen LogP contribution in [0.5, 0.6) is 0 Å². The molecule has 2 unspecified atom stereocenters. The highest BCUT2D eigenvalue weighted by molar-refractivity contribution is 5.18. The Balaban J connectivity index is 2.26. The van der Waals surface area contributed by atoms with Crippen molar-refractivity contribution in [3.8, 4) is 0 Å². The van der Waals surface area contributed by atoms with Crippen molar-refractivity contribution in [2.45, 2.75) is 38.2 Å². The topological polar surface area (TPSA) is 50.7 Å². The van der Waals surface area contributed by atoms with E-state index in [9.17, 15) is 5.11 Å². The number of aliphatic hydroxyl groups excluding tert-OH is 1. The third-order valence-electron chi connectivity index (χ3n) is 3.22. The molecule has 0 saturated heterocycles. The molecule has 0 aliphatic carbocycles. The van der Waals surface area contributed by atoms with Crippen LogP contribution in [-0.2, 0) is 9.47 Å². The van der Waals surface area contributed by atoms with E-state index >= 15 is 0 Å². The Bertz CT molecular complexity index is 327. The number of methoxy groups -OCH3 is 2. The minimum absolute atomic E-state index is 0.0194. The normalized spacial score (nSPS) is 14.6. The first-order valence-electron chi connectivity index (χ1n) is 6.71. The van der Waals surface area contributed by atoms with E-state index in [1.807, 2.05) is 37.3 Å². The molecule has 0 aliphatic rings. The molecule has 1 rings (SSSR count).